The number of hydrogen-bond donors (Lipinski definition) is 2. The number of benzene rings is 1. The number of aromatic nitrogens is 1. The number of H-pyrrole nitrogens is 1. The van der Waals surface area contributed by atoms with Crippen molar-refractivity contribution in [3.05, 3.63) is 46.2 Å². The van der Waals surface area contributed by atoms with Gasteiger partial charge < -0.3 is 15.6 Å². The molecule has 2 aromatic rings. The molecule has 1 aromatic heterocycles. The summed E-state index contributed by atoms with van der Waals surface area (Å²) in [5.74, 6) is 0.187. The molecular formula is C16H19N3O2. The van der Waals surface area contributed by atoms with Crippen molar-refractivity contribution in [1.29, 1.82) is 0 Å². The predicted molar refractivity (Wildman–Crippen MR) is 82.2 cm³/mol. The third-order valence-electron chi connectivity index (χ3n) is 4.24. The number of pyridine rings is 1. The second-order valence-corrected chi connectivity index (χ2v) is 5.77. The van der Waals surface area contributed by atoms with E-state index in [0.717, 1.165) is 11.8 Å². The molecule has 110 valence electrons. The summed E-state index contributed by atoms with van der Waals surface area (Å²) in [4.78, 5) is 29.1. The van der Waals surface area contributed by atoms with E-state index >= 15 is 0 Å². The number of aromatic amines is 1. The van der Waals surface area contributed by atoms with Gasteiger partial charge >= 0.3 is 0 Å². The number of para-hydroxylation sites is 1. The van der Waals surface area contributed by atoms with Crippen molar-refractivity contribution in [1.82, 2.24) is 9.88 Å². The molecule has 0 saturated carbocycles. The van der Waals surface area contributed by atoms with Gasteiger partial charge in [0.2, 0.25) is 5.56 Å². The van der Waals surface area contributed by atoms with Gasteiger partial charge in [0.1, 0.15) is 0 Å². The van der Waals surface area contributed by atoms with Gasteiger partial charge in [0.05, 0.1) is 5.56 Å². The fourth-order valence-corrected chi connectivity index (χ4v) is 2.90. The average Bonchev–Trinajstić information content (AvgIpc) is 2.48. The van der Waals surface area contributed by atoms with Gasteiger partial charge in [-0.1, -0.05) is 25.1 Å². The highest BCUT2D eigenvalue weighted by atomic mass is 16.2. The Balaban J connectivity index is 2.00. The Morgan fingerprint density at radius 3 is 2.90 bits per heavy atom. The van der Waals surface area contributed by atoms with Crippen LogP contribution in [0.15, 0.2) is 35.1 Å². The maximum absolute atomic E-state index is 12.8. The first kappa shape index (κ1) is 13.8. The van der Waals surface area contributed by atoms with E-state index in [1.54, 1.807) is 4.90 Å². The third kappa shape index (κ3) is 2.56. The van der Waals surface area contributed by atoms with Crippen molar-refractivity contribution >= 4 is 16.8 Å². The number of hydrogen-bond acceptors (Lipinski definition) is 3. The van der Waals surface area contributed by atoms with Crippen LogP contribution in [0.4, 0.5) is 0 Å². The lowest BCUT2D eigenvalue weighted by atomic mass is 9.94. The Kier molecular flexibility index (Phi) is 3.51. The second kappa shape index (κ2) is 5.33. The molecule has 0 spiro atoms. The van der Waals surface area contributed by atoms with Crippen molar-refractivity contribution in [2.75, 3.05) is 13.1 Å². The first-order valence-electron chi connectivity index (χ1n) is 7.23. The molecule has 1 saturated heterocycles. The van der Waals surface area contributed by atoms with E-state index in [-0.39, 0.29) is 23.4 Å². The van der Waals surface area contributed by atoms with Gasteiger partial charge in [0.15, 0.2) is 0 Å². The molecule has 5 heteroatoms. The zero-order chi connectivity index (χ0) is 15.0. The standard InChI is InChI=1S/C16H19N3O2/c1-10-9-19(7-6-13(10)17)16(21)12-8-15(20)18-14-5-3-2-4-11(12)14/h2-5,8,10,13H,6-7,9,17H2,1H3,(H,18,20). The van der Waals surface area contributed by atoms with Crippen molar-refractivity contribution in [2.45, 2.75) is 19.4 Å². The Hall–Kier alpha value is -2.14. The monoisotopic (exact) mass is 285 g/mol. The highest BCUT2D eigenvalue weighted by Crippen LogP contribution is 2.20. The Morgan fingerprint density at radius 2 is 2.14 bits per heavy atom. The van der Waals surface area contributed by atoms with E-state index in [2.05, 4.69) is 11.9 Å². The van der Waals surface area contributed by atoms with Crippen molar-refractivity contribution in [3.8, 4) is 0 Å². The summed E-state index contributed by atoms with van der Waals surface area (Å²) in [5, 5.41) is 0.782. The lowest BCUT2D eigenvalue weighted by Gasteiger charge is -2.35. The van der Waals surface area contributed by atoms with E-state index in [1.165, 1.54) is 6.07 Å². The summed E-state index contributed by atoms with van der Waals surface area (Å²) >= 11 is 0. The topological polar surface area (TPSA) is 79.2 Å². The Labute approximate surface area is 122 Å². The van der Waals surface area contributed by atoms with Crippen LogP contribution in [0, 0.1) is 5.92 Å². The van der Waals surface area contributed by atoms with Crippen molar-refractivity contribution < 1.29 is 4.79 Å². The number of carbonyl (C=O) groups is 1. The molecule has 1 amide bonds. The lowest BCUT2D eigenvalue weighted by molar-refractivity contribution is 0.0666. The van der Waals surface area contributed by atoms with E-state index in [4.69, 9.17) is 5.73 Å². The normalized spacial score (nSPS) is 22.5. The molecule has 0 bridgehead atoms. The SMILES string of the molecule is CC1CN(C(=O)c2cc(=O)[nH]c3ccccc23)CCC1N. The smallest absolute Gasteiger partial charge is 0.254 e. The van der Waals surface area contributed by atoms with Gasteiger partial charge in [-0.05, 0) is 18.4 Å². The number of nitrogens with zero attached hydrogens (tertiary/aromatic N) is 1. The van der Waals surface area contributed by atoms with Crippen molar-refractivity contribution in [2.24, 2.45) is 11.7 Å². The van der Waals surface area contributed by atoms with E-state index in [0.29, 0.717) is 24.2 Å². The number of piperidine rings is 1. The minimum Gasteiger partial charge on any atom is -0.338 e. The zero-order valence-corrected chi connectivity index (χ0v) is 12.0. The van der Waals surface area contributed by atoms with Gasteiger partial charge in [0.25, 0.3) is 5.91 Å². The van der Waals surface area contributed by atoms with Crippen LogP contribution >= 0.6 is 0 Å². The van der Waals surface area contributed by atoms with Gasteiger partial charge in [0, 0.05) is 36.1 Å². The van der Waals surface area contributed by atoms with Crippen molar-refractivity contribution in [3.63, 3.8) is 0 Å². The summed E-state index contributed by atoms with van der Waals surface area (Å²) in [5.41, 5.74) is 6.91. The lowest BCUT2D eigenvalue weighted by Crippen LogP contribution is -2.48. The average molecular weight is 285 g/mol. The van der Waals surface area contributed by atoms with Crippen LogP contribution in [0.3, 0.4) is 0 Å². The maximum Gasteiger partial charge on any atom is 0.254 e. The van der Waals surface area contributed by atoms with Gasteiger partial charge in [-0.25, -0.2) is 0 Å². The van der Waals surface area contributed by atoms with Crippen LogP contribution in [0.1, 0.15) is 23.7 Å². The first-order valence-corrected chi connectivity index (χ1v) is 7.23. The van der Waals surface area contributed by atoms with Gasteiger partial charge in [-0.15, -0.1) is 0 Å². The number of likely N-dealkylation sites (tertiary alicyclic amines) is 1. The second-order valence-electron chi connectivity index (χ2n) is 5.77. The molecule has 3 N–H and O–H groups in total. The number of nitrogens with one attached hydrogen (secondary N) is 1. The maximum atomic E-state index is 12.8. The van der Waals surface area contributed by atoms with Crippen LogP contribution in [-0.2, 0) is 0 Å². The predicted octanol–water partition coefficient (Wildman–Crippen LogP) is 1.34. The van der Waals surface area contributed by atoms with Gasteiger partial charge in [-0.2, -0.15) is 0 Å². The molecule has 5 nitrogen and oxygen atoms in total. The summed E-state index contributed by atoms with van der Waals surface area (Å²) < 4.78 is 0. The highest BCUT2D eigenvalue weighted by molar-refractivity contribution is 6.05. The molecule has 21 heavy (non-hydrogen) atoms. The van der Waals surface area contributed by atoms with E-state index < -0.39 is 0 Å². The number of carbonyl (C=O) groups excluding carboxylic acids is 1. The number of fused-ring (bicyclic) bond motifs is 1. The van der Waals surface area contributed by atoms with Crippen LogP contribution in [0.5, 0.6) is 0 Å². The fraction of sp³-hybridized carbons (Fsp3) is 0.375. The van der Waals surface area contributed by atoms with Crippen LogP contribution in [0.25, 0.3) is 10.9 Å². The summed E-state index contributed by atoms with van der Waals surface area (Å²) in [6.07, 6.45) is 0.800. The molecule has 1 aliphatic rings. The molecule has 1 fully saturated rings. The van der Waals surface area contributed by atoms with Gasteiger partial charge in [-0.3, -0.25) is 9.59 Å². The Bertz CT molecular complexity index is 738. The molecule has 1 aromatic carbocycles. The minimum absolute atomic E-state index is 0.0870. The summed E-state index contributed by atoms with van der Waals surface area (Å²) in [6.45, 7) is 3.34. The molecule has 2 atom stereocenters. The fourth-order valence-electron chi connectivity index (χ4n) is 2.90. The summed E-state index contributed by atoms with van der Waals surface area (Å²) in [7, 11) is 0. The summed E-state index contributed by atoms with van der Waals surface area (Å²) in [6, 6.07) is 8.91. The molecule has 3 rings (SSSR count). The molecule has 2 heterocycles. The molecule has 0 aliphatic carbocycles. The molecule has 1 aliphatic heterocycles. The van der Waals surface area contributed by atoms with Crippen LogP contribution < -0.4 is 11.3 Å². The highest BCUT2D eigenvalue weighted by Gasteiger charge is 2.27. The zero-order valence-electron chi connectivity index (χ0n) is 12.0. The number of amides is 1. The van der Waals surface area contributed by atoms with E-state index in [9.17, 15) is 9.59 Å². The third-order valence-corrected chi connectivity index (χ3v) is 4.24. The largest absolute Gasteiger partial charge is 0.338 e. The van der Waals surface area contributed by atoms with E-state index in [1.807, 2.05) is 24.3 Å². The number of nitrogens with two attached hydrogens (primary N) is 1. The molecule has 0 radical (unpaired) electrons. The number of rotatable bonds is 1. The first-order chi connectivity index (χ1) is 10.1. The Morgan fingerprint density at radius 1 is 1.38 bits per heavy atom. The quantitative estimate of drug-likeness (QED) is 0.829. The molecular weight excluding hydrogens is 266 g/mol. The molecule has 2 unspecified atom stereocenters. The minimum atomic E-state index is -0.251. The van der Waals surface area contributed by atoms with Crippen LogP contribution in [0.2, 0.25) is 0 Å². The van der Waals surface area contributed by atoms with Crippen LogP contribution in [-0.4, -0.2) is 34.9 Å².